The molecule has 0 bridgehead atoms. The molecule has 1 aliphatic rings. The van der Waals surface area contributed by atoms with Crippen molar-refractivity contribution >= 4 is 17.9 Å². The van der Waals surface area contributed by atoms with E-state index in [0.717, 1.165) is 5.56 Å². The van der Waals surface area contributed by atoms with Gasteiger partial charge in [-0.3, -0.25) is 9.59 Å². The highest BCUT2D eigenvalue weighted by Crippen LogP contribution is 2.13. The van der Waals surface area contributed by atoms with Gasteiger partial charge in [0, 0.05) is 31.7 Å². The zero-order valence-electron chi connectivity index (χ0n) is 15.9. The van der Waals surface area contributed by atoms with Gasteiger partial charge < -0.3 is 19.9 Å². The summed E-state index contributed by atoms with van der Waals surface area (Å²) in [7, 11) is 0. The summed E-state index contributed by atoms with van der Waals surface area (Å²) in [4.78, 5) is 39.8. The minimum absolute atomic E-state index is 0.0120. The van der Waals surface area contributed by atoms with Crippen LogP contribution in [0.1, 0.15) is 36.7 Å². The van der Waals surface area contributed by atoms with Crippen molar-refractivity contribution in [2.24, 2.45) is 0 Å². The lowest BCUT2D eigenvalue weighted by molar-refractivity contribution is -0.131. The molecule has 0 saturated carbocycles. The van der Waals surface area contributed by atoms with Crippen LogP contribution in [-0.4, -0.2) is 66.0 Å². The van der Waals surface area contributed by atoms with Crippen LogP contribution in [0.25, 0.3) is 0 Å². The van der Waals surface area contributed by atoms with Crippen LogP contribution in [0.2, 0.25) is 0 Å². The molecule has 0 unspecified atom stereocenters. The molecule has 1 aromatic rings. The number of carbonyl (C=O) groups excluding carboxylic acids is 3. The molecular weight excluding hydrogens is 334 g/mol. The zero-order valence-corrected chi connectivity index (χ0v) is 15.9. The molecule has 0 aliphatic carbocycles. The van der Waals surface area contributed by atoms with E-state index >= 15 is 0 Å². The molecule has 1 saturated heterocycles. The summed E-state index contributed by atoms with van der Waals surface area (Å²) in [6, 6.07) is 7.48. The molecule has 7 nitrogen and oxygen atoms in total. The standard InChI is InChI=1S/C19H27N3O4/c1-14-7-5-6-8-15(14)17(24)22-11-9-21(10-12-22)16(23)13-20-18(25)26-19(2,3)4/h5-8H,9-13H2,1-4H3,(H,20,25). The van der Waals surface area contributed by atoms with Gasteiger partial charge >= 0.3 is 6.09 Å². The van der Waals surface area contributed by atoms with Crippen molar-refractivity contribution in [2.45, 2.75) is 33.3 Å². The van der Waals surface area contributed by atoms with E-state index < -0.39 is 11.7 Å². The molecule has 26 heavy (non-hydrogen) atoms. The second-order valence-electron chi connectivity index (χ2n) is 7.34. The molecule has 0 spiro atoms. The van der Waals surface area contributed by atoms with E-state index in [4.69, 9.17) is 4.74 Å². The fraction of sp³-hybridized carbons (Fsp3) is 0.526. The van der Waals surface area contributed by atoms with E-state index in [9.17, 15) is 14.4 Å². The number of nitrogens with one attached hydrogen (secondary N) is 1. The third kappa shape index (κ3) is 5.47. The molecule has 1 heterocycles. The van der Waals surface area contributed by atoms with E-state index in [1.54, 1.807) is 30.6 Å². The summed E-state index contributed by atoms with van der Waals surface area (Å²) in [6.45, 7) is 8.95. The van der Waals surface area contributed by atoms with E-state index in [2.05, 4.69) is 5.32 Å². The van der Waals surface area contributed by atoms with Crippen LogP contribution in [-0.2, 0) is 9.53 Å². The van der Waals surface area contributed by atoms with Crippen LogP contribution in [0.3, 0.4) is 0 Å². The Morgan fingerprint density at radius 3 is 2.19 bits per heavy atom. The van der Waals surface area contributed by atoms with Crippen LogP contribution >= 0.6 is 0 Å². The summed E-state index contributed by atoms with van der Waals surface area (Å²) in [5.74, 6) is -0.194. The van der Waals surface area contributed by atoms with Crippen LogP contribution in [0.5, 0.6) is 0 Å². The first-order valence-electron chi connectivity index (χ1n) is 8.77. The molecule has 1 aliphatic heterocycles. The number of benzene rings is 1. The first kappa shape index (κ1) is 19.8. The van der Waals surface area contributed by atoms with Gasteiger partial charge in [0.2, 0.25) is 5.91 Å². The van der Waals surface area contributed by atoms with Gasteiger partial charge in [-0.05, 0) is 39.3 Å². The minimum atomic E-state index is -0.612. The van der Waals surface area contributed by atoms with Gasteiger partial charge in [0.15, 0.2) is 0 Å². The molecule has 0 radical (unpaired) electrons. The van der Waals surface area contributed by atoms with E-state index in [1.165, 1.54) is 0 Å². The van der Waals surface area contributed by atoms with Gasteiger partial charge in [0.25, 0.3) is 5.91 Å². The molecule has 0 aromatic heterocycles. The maximum atomic E-state index is 12.6. The average Bonchev–Trinajstić information content (AvgIpc) is 2.58. The van der Waals surface area contributed by atoms with Crippen LogP contribution in [0.4, 0.5) is 4.79 Å². The highest BCUT2D eigenvalue weighted by atomic mass is 16.6. The van der Waals surface area contributed by atoms with Crippen molar-refractivity contribution in [1.29, 1.82) is 0 Å². The molecule has 1 N–H and O–H groups in total. The van der Waals surface area contributed by atoms with Gasteiger partial charge in [-0.1, -0.05) is 18.2 Å². The van der Waals surface area contributed by atoms with Gasteiger partial charge in [0.1, 0.15) is 12.1 Å². The zero-order chi connectivity index (χ0) is 19.3. The third-order valence-corrected chi connectivity index (χ3v) is 4.08. The summed E-state index contributed by atoms with van der Waals surface area (Å²) in [5.41, 5.74) is 1.03. The topological polar surface area (TPSA) is 79.0 Å². The molecule has 1 fully saturated rings. The lowest BCUT2D eigenvalue weighted by Gasteiger charge is -2.35. The highest BCUT2D eigenvalue weighted by molar-refractivity contribution is 5.95. The third-order valence-electron chi connectivity index (χ3n) is 4.08. The number of ether oxygens (including phenoxy) is 1. The second kappa shape index (κ2) is 8.21. The van der Waals surface area contributed by atoms with Crippen LogP contribution in [0, 0.1) is 6.92 Å². The van der Waals surface area contributed by atoms with E-state index in [0.29, 0.717) is 31.7 Å². The number of alkyl carbamates (subject to hydrolysis) is 1. The van der Waals surface area contributed by atoms with Crippen molar-refractivity contribution in [3.8, 4) is 0 Å². The van der Waals surface area contributed by atoms with Gasteiger partial charge in [-0.2, -0.15) is 0 Å². The number of piperazine rings is 1. The lowest BCUT2D eigenvalue weighted by Crippen LogP contribution is -2.52. The predicted molar refractivity (Wildman–Crippen MR) is 97.9 cm³/mol. The van der Waals surface area contributed by atoms with E-state index in [-0.39, 0.29) is 18.4 Å². The van der Waals surface area contributed by atoms with Crippen molar-refractivity contribution in [1.82, 2.24) is 15.1 Å². The highest BCUT2D eigenvalue weighted by Gasteiger charge is 2.26. The largest absolute Gasteiger partial charge is 0.444 e. The van der Waals surface area contributed by atoms with Gasteiger partial charge in [0.05, 0.1) is 0 Å². The Hall–Kier alpha value is -2.57. The first-order valence-corrected chi connectivity index (χ1v) is 8.77. The van der Waals surface area contributed by atoms with Crippen LogP contribution < -0.4 is 5.32 Å². The smallest absolute Gasteiger partial charge is 0.408 e. The molecular formula is C19H27N3O4. The van der Waals surface area contributed by atoms with Crippen molar-refractivity contribution in [3.63, 3.8) is 0 Å². The maximum absolute atomic E-state index is 12.6. The van der Waals surface area contributed by atoms with Crippen molar-refractivity contribution in [3.05, 3.63) is 35.4 Å². The number of aryl methyl sites for hydroxylation is 1. The molecule has 2 rings (SSSR count). The number of rotatable bonds is 3. The molecule has 1 aromatic carbocycles. The Balaban J connectivity index is 1.81. The Morgan fingerprint density at radius 2 is 1.62 bits per heavy atom. The minimum Gasteiger partial charge on any atom is -0.444 e. The summed E-state index contributed by atoms with van der Waals surface area (Å²) >= 11 is 0. The number of nitrogens with zero attached hydrogens (tertiary/aromatic N) is 2. The molecule has 7 heteroatoms. The number of hydrogen-bond donors (Lipinski definition) is 1. The average molecular weight is 361 g/mol. The van der Waals surface area contributed by atoms with Gasteiger partial charge in [-0.15, -0.1) is 0 Å². The molecule has 3 amide bonds. The SMILES string of the molecule is Cc1ccccc1C(=O)N1CCN(C(=O)CNC(=O)OC(C)(C)C)CC1. The summed E-state index contributed by atoms with van der Waals surface area (Å²) < 4.78 is 5.11. The number of hydrogen-bond acceptors (Lipinski definition) is 4. The quantitative estimate of drug-likeness (QED) is 0.890. The summed E-state index contributed by atoms with van der Waals surface area (Å²) in [5, 5.41) is 2.47. The van der Waals surface area contributed by atoms with Crippen molar-refractivity contribution in [2.75, 3.05) is 32.7 Å². The molecule has 0 atom stereocenters. The van der Waals surface area contributed by atoms with E-state index in [1.807, 2.05) is 31.2 Å². The second-order valence-corrected chi connectivity index (χ2v) is 7.34. The Labute approximate surface area is 154 Å². The fourth-order valence-electron chi connectivity index (χ4n) is 2.72. The first-order chi connectivity index (χ1) is 12.2. The maximum Gasteiger partial charge on any atom is 0.408 e. The normalized spacial score (nSPS) is 14.8. The Morgan fingerprint density at radius 1 is 1.04 bits per heavy atom. The van der Waals surface area contributed by atoms with Crippen molar-refractivity contribution < 1.29 is 19.1 Å². The Kier molecular flexibility index (Phi) is 6.23. The number of carbonyl (C=O) groups is 3. The number of amides is 3. The van der Waals surface area contributed by atoms with Crippen LogP contribution in [0.15, 0.2) is 24.3 Å². The predicted octanol–water partition coefficient (Wildman–Crippen LogP) is 1.80. The Bertz CT molecular complexity index is 674. The lowest BCUT2D eigenvalue weighted by atomic mass is 10.1. The van der Waals surface area contributed by atoms with Gasteiger partial charge in [-0.25, -0.2) is 4.79 Å². The summed E-state index contributed by atoms with van der Waals surface area (Å²) in [6.07, 6.45) is -0.612. The molecule has 142 valence electrons. The fourth-order valence-corrected chi connectivity index (χ4v) is 2.72. The monoisotopic (exact) mass is 361 g/mol.